The van der Waals surface area contributed by atoms with Gasteiger partial charge in [-0.15, -0.1) is 0 Å². The highest BCUT2D eigenvalue weighted by Crippen LogP contribution is 2.22. The molecule has 0 amide bonds. The Hall–Kier alpha value is -2.01. The van der Waals surface area contributed by atoms with Crippen molar-refractivity contribution in [3.8, 4) is 5.75 Å². The minimum Gasteiger partial charge on any atom is -0.508 e. The summed E-state index contributed by atoms with van der Waals surface area (Å²) in [6.07, 6.45) is 7.00. The first-order valence-electron chi connectivity index (χ1n) is 12.7. The molecule has 204 valence electrons. The van der Waals surface area contributed by atoms with Gasteiger partial charge in [-0.2, -0.15) is 0 Å². The highest BCUT2D eigenvalue weighted by molar-refractivity contribution is 7.89. The smallest absolute Gasteiger partial charge is 0.238 e. The van der Waals surface area contributed by atoms with Crippen LogP contribution >= 0.6 is 0 Å². The van der Waals surface area contributed by atoms with E-state index in [2.05, 4.69) is 12.2 Å². The molecule has 8 nitrogen and oxygen atoms in total. The van der Waals surface area contributed by atoms with Gasteiger partial charge in [-0.05, 0) is 74.5 Å². The number of nitrogens with two attached hydrogens (primary N) is 1. The molecule has 1 atom stereocenters. The number of nitrogens with one attached hydrogen (secondary N) is 1. The molecule has 0 saturated carbocycles. The Labute approximate surface area is 216 Å². The van der Waals surface area contributed by atoms with Crippen LogP contribution in [0.4, 0.5) is 0 Å². The molecule has 2 aromatic rings. The first-order chi connectivity index (χ1) is 17.2. The molecule has 0 radical (unpaired) electrons. The zero-order valence-corrected chi connectivity index (χ0v) is 22.5. The van der Waals surface area contributed by atoms with Crippen LogP contribution < -0.4 is 10.5 Å². The maximum Gasteiger partial charge on any atom is 0.238 e. The van der Waals surface area contributed by atoms with E-state index in [1.807, 2.05) is 13.0 Å². The van der Waals surface area contributed by atoms with E-state index >= 15 is 0 Å². The van der Waals surface area contributed by atoms with Crippen LogP contribution in [0, 0.1) is 0 Å². The molecule has 36 heavy (non-hydrogen) atoms. The summed E-state index contributed by atoms with van der Waals surface area (Å²) in [6.45, 7) is 6.81. The van der Waals surface area contributed by atoms with Crippen molar-refractivity contribution in [3.63, 3.8) is 0 Å². The number of aromatic hydroxyl groups is 1. The van der Waals surface area contributed by atoms with Crippen LogP contribution in [0.3, 0.4) is 0 Å². The summed E-state index contributed by atoms with van der Waals surface area (Å²) in [5.74, 6) is 0.0611. The normalized spacial score (nSPS) is 12.1. The van der Waals surface area contributed by atoms with Crippen LogP contribution in [0.1, 0.15) is 75.2 Å². The quantitative estimate of drug-likeness (QED) is 0.210. The van der Waals surface area contributed by atoms with Crippen LogP contribution in [0.2, 0.25) is 0 Å². The van der Waals surface area contributed by atoms with E-state index in [9.17, 15) is 18.6 Å². The van der Waals surface area contributed by atoms with Gasteiger partial charge in [0, 0.05) is 25.3 Å². The van der Waals surface area contributed by atoms with Gasteiger partial charge in [0.25, 0.3) is 0 Å². The number of benzene rings is 2. The second-order valence-electron chi connectivity index (χ2n) is 8.67. The fraction of sp³-hybridized carbons (Fsp3) is 0.556. The van der Waals surface area contributed by atoms with Crippen molar-refractivity contribution in [2.75, 3.05) is 26.3 Å². The monoisotopic (exact) mass is 524 g/mol. The van der Waals surface area contributed by atoms with Crippen LogP contribution in [-0.2, 0) is 27.8 Å². The Bertz CT molecular complexity index is 968. The Kier molecular flexibility index (Phi) is 16.2. The van der Waals surface area contributed by atoms with Crippen molar-refractivity contribution in [3.05, 3.63) is 59.2 Å². The number of hydrogen-bond acceptors (Lipinski definition) is 7. The van der Waals surface area contributed by atoms with Crippen molar-refractivity contribution < 1.29 is 28.5 Å². The molecule has 0 heterocycles. The molecule has 0 bridgehead atoms. The van der Waals surface area contributed by atoms with E-state index in [0.717, 1.165) is 51.0 Å². The van der Waals surface area contributed by atoms with Gasteiger partial charge in [0.05, 0.1) is 17.6 Å². The van der Waals surface area contributed by atoms with E-state index in [1.54, 1.807) is 24.3 Å². The molecule has 0 aliphatic heterocycles. The lowest BCUT2D eigenvalue weighted by atomic mass is 10.1. The molecule has 6 N–H and O–H groups in total. The van der Waals surface area contributed by atoms with Gasteiger partial charge in [0.2, 0.25) is 10.0 Å². The van der Waals surface area contributed by atoms with Crippen LogP contribution in [0.5, 0.6) is 5.75 Å². The lowest BCUT2D eigenvalue weighted by Gasteiger charge is -2.13. The summed E-state index contributed by atoms with van der Waals surface area (Å²) in [5.41, 5.74) is 2.15. The number of aliphatic hydroxyl groups excluding tert-OH is 2. The van der Waals surface area contributed by atoms with Gasteiger partial charge in [-0.3, -0.25) is 0 Å². The summed E-state index contributed by atoms with van der Waals surface area (Å²) in [7, 11) is -3.59. The molecule has 0 saturated heterocycles. The zero-order chi connectivity index (χ0) is 26.8. The van der Waals surface area contributed by atoms with Gasteiger partial charge in [-0.25, -0.2) is 13.6 Å². The Morgan fingerprint density at radius 1 is 1.03 bits per heavy atom. The summed E-state index contributed by atoms with van der Waals surface area (Å²) >= 11 is 0. The van der Waals surface area contributed by atoms with Crippen molar-refractivity contribution in [2.24, 2.45) is 5.14 Å². The second kappa shape index (κ2) is 18.3. The summed E-state index contributed by atoms with van der Waals surface area (Å²) in [4.78, 5) is 0.180. The average molecular weight is 525 g/mol. The van der Waals surface area contributed by atoms with Crippen molar-refractivity contribution in [2.45, 2.75) is 76.4 Å². The van der Waals surface area contributed by atoms with Gasteiger partial charge >= 0.3 is 0 Å². The fourth-order valence-corrected chi connectivity index (χ4v) is 4.11. The molecular formula is C27H44N2O6S. The number of aliphatic hydroxyl groups is 2. The van der Waals surface area contributed by atoms with Crippen LogP contribution in [0.25, 0.3) is 0 Å². The first kappa shape index (κ1) is 32.0. The van der Waals surface area contributed by atoms with Gasteiger partial charge in [-0.1, -0.05) is 44.4 Å². The number of ether oxygens (including phenoxy) is 1. The summed E-state index contributed by atoms with van der Waals surface area (Å²) < 4.78 is 27.5. The van der Waals surface area contributed by atoms with Crippen LogP contribution in [0.15, 0.2) is 47.4 Å². The number of hydrogen-bond donors (Lipinski definition) is 5. The lowest BCUT2D eigenvalue weighted by molar-refractivity contribution is 0.143. The molecule has 0 aliphatic rings. The molecule has 1 unspecified atom stereocenters. The molecular weight excluding hydrogens is 480 g/mol. The molecule has 0 spiro atoms. The van der Waals surface area contributed by atoms with E-state index in [1.165, 1.54) is 31.4 Å². The highest BCUT2D eigenvalue weighted by Gasteiger charge is 2.10. The Morgan fingerprint density at radius 2 is 1.81 bits per heavy atom. The van der Waals surface area contributed by atoms with E-state index < -0.39 is 16.1 Å². The minimum absolute atomic E-state index is 0.0611. The lowest BCUT2D eigenvalue weighted by Crippen LogP contribution is -2.22. The predicted molar refractivity (Wildman–Crippen MR) is 143 cm³/mol. The van der Waals surface area contributed by atoms with E-state index in [-0.39, 0.29) is 17.3 Å². The maximum absolute atomic E-state index is 11.2. The number of rotatable bonds is 16. The number of primary sulfonamides is 1. The number of phenols is 1. The third-order valence-corrected chi connectivity index (χ3v) is 6.55. The number of unbranched alkanes of at least 4 members (excludes halogenated alkanes) is 4. The maximum atomic E-state index is 11.2. The van der Waals surface area contributed by atoms with E-state index in [0.29, 0.717) is 17.7 Å². The summed E-state index contributed by atoms with van der Waals surface area (Å²) in [5, 5.41) is 36.8. The van der Waals surface area contributed by atoms with Gasteiger partial charge in [0.15, 0.2) is 0 Å². The largest absolute Gasteiger partial charge is 0.508 e. The molecule has 2 aromatic carbocycles. The Morgan fingerprint density at radius 3 is 2.47 bits per heavy atom. The summed E-state index contributed by atoms with van der Waals surface area (Å²) in [6, 6.07) is 11.6. The van der Waals surface area contributed by atoms with Gasteiger partial charge < -0.3 is 25.4 Å². The molecule has 9 heteroatoms. The Balaban J connectivity index is 0.000000362. The van der Waals surface area contributed by atoms with E-state index in [4.69, 9.17) is 15.0 Å². The first-order valence-corrected chi connectivity index (χ1v) is 14.3. The number of aryl methyl sites for hydroxylation is 1. The van der Waals surface area contributed by atoms with Crippen molar-refractivity contribution in [1.82, 2.24) is 5.32 Å². The third-order valence-electron chi connectivity index (χ3n) is 5.64. The number of sulfonamides is 1. The SMILES string of the molecule is CCCCCCNCC(O)c1ccc(O)c(CO)c1.CCOCCCCc1cccc(S(N)(=O)=O)c1. The molecule has 0 fully saturated rings. The minimum atomic E-state index is -3.59. The van der Waals surface area contributed by atoms with Gasteiger partial charge in [0.1, 0.15) is 5.75 Å². The predicted octanol–water partition coefficient (Wildman–Crippen LogP) is 3.78. The zero-order valence-electron chi connectivity index (χ0n) is 21.7. The van der Waals surface area contributed by atoms with Crippen molar-refractivity contribution >= 4 is 10.0 Å². The highest BCUT2D eigenvalue weighted by atomic mass is 32.2. The molecule has 2 rings (SSSR count). The topological polar surface area (TPSA) is 142 Å². The standard InChI is InChI=1S/C15H25NO3.C12H19NO3S/c1-2-3-4-5-8-16-10-15(19)12-6-7-14(18)13(9-12)11-17;1-2-16-9-4-3-6-11-7-5-8-12(10-11)17(13,14)15/h6-7,9,15-19H,2-5,8,10-11H2,1H3;5,7-8,10H,2-4,6,9H2,1H3,(H2,13,14,15). The second-order valence-corrected chi connectivity index (χ2v) is 10.2. The molecule has 0 aromatic heterocycles. The molecule has 0 aliphatic carbocycles. The van der Waals surface area contributed by atoms with Crippen molar-refractivity contribution in [1.29, 1.82) is 0 Å². The van der Waals surface area contributed by atoms with Crippen LogP contribution in [-0.4, -0.2) is 50.0 Å². The third kappa shape index (κ3) is 13.3. The average Bonchev–Trinajstić information content (AvgIpc) is 2.86. The fourth-order valence-electron chi connectivity index (χ4n) is 3.53.